The second kappa shape index (κ2) is 5.43. The van der Waals surface area contributed by atoms with Gasteiger partial charge in [-0.3, -0.25) is 9.89 Å². The SMILES string of the molecule is O=C(NCC1CCCCC1)c1ccc2cn[nH]c2c1. The minimum absolute atomic E-state index is 0.0158. The maximum atomic E-state index is 12.1. The number of aromatic amines is 1. The summed E-state index contributed by atoms with van der Waals surface area (Å²) < 4.78 is 0. The van der Waals surface area contributed by atoms with E-state index in [1.165, 1.54) is 32.1 Å². The van der Waals surface area contributed by atoms with Gasteiger partial charge in [0.05, 0.1) is 11.7 Å². The van der Waals surface area contributed by atoms with Gasteiger partial charge in [-0.1, -0.05) is 25.3 Å². The van der Waals surface area contributed by atoms with Crippen molar-refractivity contribution in [2.24, 2.45) is 5.92 Å². The second-order valence-corrected chi connectivity index (χ2v) is 5.39. The summed E-state index contributed by atoms with van der Waals surface area (Å²) >= 11 is 0. The first kappa shape index (κ1) is 12.2. The number of hydrogen-bond donors (Lipinski definition) is 2. The molecule has 0 bridgehead atoms. The molecule has 1 saturated carbocycles. The van der Waals surface area contributed by atoms with Crippen LogP contribution in [0.25, 0.3) is 10.9 Å². The summed E-state index contributed by atoms with van der Waals surface area (Å²) in [6.45, 7) is 0.805. The van der Waals surface area contributed by atoms with Crippen molar-refractivity contribution in [3.05, 3.63) is 30.0 Å². The maximum Gasteiger partial charge on any atom is 0.251 e. The van der Waals surface area contributed by atoms with E-state index in [9.17, 15) is 4.79 Å². The zero-order valence-corrected chi connectivity index (χ0v) is 11.0. The molecule has 100 valence electrons. The molecule has 1 aromatic heterocycles. The summed E-state index contributed by atoms with van der Waals surface area (Å²) in [7, 11) is 0. The summed E-state index contributed by atoms with van der Waals surface area (Å²) in [5, 5.41) is 10.9. The van der Waals surface area contributed by atoms with Crippen LogP contribution in [0.3, 0.4) is 0 Å². The molecule has 0 spiro atoms. The predicted molar refractivity (Wildman–Crippen MR) is 75.0 cm³/mol. The predicted octanol–water partition coefficient (Wildman–Crippen LogP) is 2.87. The van der Waals surface area contributed by atoms with Gasteiger partial charge in [0.2, 0.25) is 0 Å². The summed E-state index contributed by atoms with van der Waals surface area (Å²) in [6, 6.07) is 5.64. The number of hydrogen-bond acceptors (Lipinski definition) is 2. The first-order chi connectivity index (χ1) is 9.33. The fraction of sp³-hybridized carbons (Fsp3) is 0.467. The third-order valence-electron chi connectivity index (χ3n) is 3.98. The molecule has 3 rings (SSSR count). The molecular weight excluding hydrogens is 238 g/mol. The number of carbonyl (C=O) groups excluding carboxylic acids is 1. The lowest BCUT2D eigenvalue weighted by Gasteiger charge is -2.21. The van der Waals surface area contributed by atoms with Gasteiger partial charge < -0.3 is 5.32 Å². The Labute approximate surface area is 112 Å². The lowest BCUT2D eigenvalue weighted by Crippen LogP contribution is -2.30. The molecule has 0 radical (unpaired) electrons. The van der Waals surface area contributed by atoms with Crippen LogP contribution < -0.4 is 5.32 Å². The normalized spacial score (nSPS) is 16.6. The largest absolute Gasteiger partial charge is 0.352 e. The Bertz CT molecular complexity index is 570. The molecule has 4 heteroatoms. The number of benzene rings is 1. The van der Waals surface area contributed by atoms with Gasteiger partial charge in [0.25, 0.3) is 5.91 Å². The minimum Gasteiger partial charge on any atom is -0.352 e. The summed E-state index contributed by atoms with van der Waals surface area (Å²) in [5.74, 6) is 0.677. The molecule has 0 saturated heterocycles. The van der Waals surface area contributed by atoms with E-state index in [2.05, 4.69) is 15.5 Å². The first-order valence-corrected chi connectivity index (χ1v) is 7.04. The van der Waals surface area contributed by atoms with E-state index in [0.717, 1.165) is 17.4 Å². The summed E-state index contributed by atoms with van der Waals surface area (Å²) in [5.41, 5.74) is 1.61. The molecule has 4 nitrogen and oxygen atoms in total. The van der Waals surface area contributed by atoms with E-state index in [4.69, 9.17) is 0 Å². The van der Waals surface area contributed by atoms with Gasteiger partial charge in [-0.15, -0.1) is 0 Å². The number of aromatic nitrogens is 2. The fourth-order valence-electron chi connectivity index (χ4n) is 2.81. The molecule has 2 aromatic rings. The number of amides is 1. The van der Waals surface area contributed by atoms with Gasteiger partial charge in [-0.05, 0) is 30.9 Å². The molecule has 1 aromatic carbocycles. The first-order valence-electron chi connectivity index (χ1n) is 7.04. The van der Waals surface area contributed by atoms with Gasteiger partial charge in [0.1, 0.15) is 0 Å². The monoisotopic (exact) mass is 257 g/mol. The van der Waals surface area contributed by atoms with Crippen molar-refractivity contribution >= 4 is 16.8 Å². The van der Waals surface area contributed by atoms with Crippen LogP contribution in [-0.4, -0.2) is 22.6 Å². The van der Waals surface area contributed by atoms with Crippen molar-refractivity contribution in [2.45, 2.75) is 32.1 Å². The number of H-pyrrole nitrogens is 1. The molecule has 1 heterocycles. The van der Waals surface area contributed by atoms with Gasteiger partial charge in [0, 0.05) is 17.5 Å². The van der Waals surface area contributed by atoms with E-state index < -0.39 is 0 Å². The highest BCUT2D eigenvalue weighted by Gasteiger charge is 2.15. The number of nitrogens with zero attached hydrogens (tertiary/aromatic N) is 1. The Hall–Kier alpha value is -1.84. The Morgan fingerprint density at radius 2 is 2.16 bits per heavy atom. The topological polar surface area (TPSA) is 57.8 Å². The van der Waals surface area contributed by atoms with Crippen molar-refractivity contribution in [2.75, 3.05) is 6.54 Å². The molecule has 1 fully saturated rings. The summed E-state index contributed by atoms with van der Waals surface area (Å²) in [6.07, 6.45) is 8.22. The van der Waals surface area contributed by atoms with Crippen LogP contribution in [0, 0.1) is 5.92 Å². The summed E-state index contributed by atoms with van der Waals surface area (Å²) in [4.78, 5) is 12.1. The van der Waals surface area contributed by atoms with Crippen LogP contribution in [0.5, 0.6) is 0 Å². The molecule has 0 atom stereocenters. The van der Waals surface area contributed by atoms with Gasteiger partial charge in [0.15, 0.2) is 0 Å². The van der Waals surface area contributed by atoms with E-state index in [-0.39, 0.29) is 5.91 Å². The highest BCUT2D eigenvalue weighted by atomic mass is 16.1. The average molecular weight is 257 g/mol. The van der Waals surface area contributed by atoms with Crippen LogP contribution in [0.1, 0.15) is 42.5 Å². The molecular formula is C15H19N3O. The zero-order valence-electron chi connectivity index (χ0n) is 11.0. The zero-order chi connectivity index (χ0) is 13.1. The van der Waals surface area contributed by atoms with Crippen molar-refractivity contribution in [1.82, 2.24) is 15.5 Å². The quantitative estimate of drug-likeness (QED) is 0.888. The third-order valence-corrected chi connectivity index (χ3v) is 3.98. The number of nitrogens with one attached hydrogen (secondary N) is 2. The van der Waals surface area contributed by atoms with Crippen molar-refractivity contribution < 1.29 is 4.79 Å². The van der Waals surface area contributed by atoms with E-state index >= 15 is 0 Å². The van der Waals surface area contributed by atoms with Crippen molar-refractivity contribution in [3.8, 4) is 0 Å². The Kier molecular flexibility index (Phi) is 3.49. The second-order valence-electron chi connectivity index (χ2n) is 5.39. The van der Waals surface area contributed by atoms with Crippen LogP contribution >= 0.6 is 0 Å². The number of carbonyl (C=O) groups is 1. The maximum absolute atomic E-state index is 12.1. The van der Waals surface area contributed by atoms with Crippen molar-refractivity contribution in [3.63, 3.8) is 0 Å². The van der Waals surface area contributed by atoms with Crippen LogP contribution in [0.4, 0.5) is 0 Å². The lowest BCUT2D eigenvalue weighted by atomic mass is 9.89. The van der Waals surface area contributed by atoms with Crippen LogP contribution in [0.15, 0.2) is 24.4 Å². The highest BCUT2D eigenvalue weighted by molar-refractivity contribution is 5.97. The molecule has 1 amide bonds. The molecule has 2 N–H and O–H groups in total. The molecule has 0 unspecified atom stereocenters. The van der Waals surface area contributed by atoms with Gasteiger partial charge in [-0.2, -0.15) is 5.10 Å². The third kappa shape index (κ3) is 2.78. The average Bonchev–Trinajstić information content (AvgIpc) is 2.93. The van der Waals surface area contributed by atoms with Gasteiger partial charge in [-0.25, -0.2) is 0 Å². The van der Waals surface area contributed by atoms with Crippen molar-refractivity contribution in [1.29, 1.82) is 0 Å². The Balaban J connectivity index is 1.62. The van der Waals surface area contributed by atoms with E-state index in [1.807, 2.05) is 18.2 Å². The van der Waals surface area contributed by atoms with Crippen LogP contribution in [0.2, 0.25) is 0 Å². The highest BCUT2D eigenvalue weighted by Crippen LogP contribution is 2.22. The smallest absolute Gasteiger partial charge is 0.251 e. The van der Waals surface area contributed by atoms with E-state index in [1.54, 1.807) is 6.20 Å². The minimum atomic E-state index is 0.0158. The Morgan fingerprint density at radius 1 is 1.32 bits per heavy atom. The lowest BCUT2D eigenvalue weighted by molar-refractivity contribution is 0.0943. The Morgan fingerprint density at radius 3 is 3.00 bits per heavy atom. The van der Waals surface area contributed by atoms with Gasteiger partial charge >= 0.3 is 0 Å². The van der Waals surface area contributed by atoms with Crippen LogP contribution in [-0.2, 0) is 0 Å². The number of fused-ring (bicyclic) bond motifs is 1. The number of rotatable bonds is 3. The standard InChI is InChI=1S/C15H19N3O/c19-15(16-9-11-4-2-1-3-5-11)12-6-7-13-10-17-18-14(13)8-12/h6-8,10-11H,1-5,9H2,(H,16,19)(H,17,18). The fourth-order valence-corrected chi connectivity index (χ4v) is 2.81. The van der Waals surface area contributed by atoms with E-state index in [0.29, 0.717) is 11.5 Å². The molecule has 1 aliphatic carbocycles. The molecule has 0 aliphatic heterocycles. The molecule has 19 heavy (non-hydrogen) atoms. The molecule has 1 aliphatic rings.